The van der Waals surface area contributed by atoms with Crippen LogP contribution in [-0.2, 0) is 11.2 Å². The quantitative estimate of drug-likeness (QED) is 0.732. The van der Waals surface area contributed by atoms with Gasteiger partial charge in [-0.15, -0.1) is 0 Å². The second-order valence-electron chi connectivity index (χ2n) is 5.40. The maximum absolute atomic E-state index is 13.1. The standard InChI is InChI=1S/C18H14ClFN2O2/c1-11-8-12(2-7-15(11)19)16-10-22(17(21-16)9-18(23)24)14-5-3-13(20)4-6-14/h2-8,10H,9H2,1H3,(H,23,24)/p-1. The fourth-order valence-corrected chi connectivity index (χ4v) is 2.56. The summed E-state index contributed by atoms with van der Waals surface area (Å²) in [5.41, 5.74) is 2.94. The summed E-state index contributed by atoms with van der Waals surface area (Å²) in [6, 6.07) is 11.2. The third kappa shape index (κ3) is 3.31. The van der Waals surface area contributed by atoms with Crippen molar-refractivity contribution in [1.29, 1.82) is 0 Å². The Morgan fingerprint density at radius 1 is 1.25 bits per heavy atom. The Morgan fingerprint density at radius 2 is 1.96 bits per heavy atom. The summed E-state index contributed by atoms with van der Waals surface area (Å²) in [7, 11) is 0. The fourth-order valence-electron chi connectivity index (χ4n) is 2.44. The van der Waals surface area contributed by atoms with Crippen molar-refractivity contribution in [2.24, 2.45) is 0 Å². The summed E-state index contributed by atoms with van der Waals surface area (Å²) in [6.45, 7) is 1.88. The van der Waals surface area contributed by atoms with Crippen LogP contribution in [0.15, 0.2) is 48.7 Å². The Balaban J connectivity index is 2.10. The van der Waals surface area contributed by atoms with Gasteiger partial charge in [-0.25, -0.2) is 9.37 Å². The third-order valence-electron chi connectivity index (χ3n) is 3.64. The number of hydrogen-bond donors (Lipinski definition) is 0. The van der Waals surface area contributed by atoms with E-state index in [2.05, 4.69) is 4.98 Å². The molecule has 0 atom stereocenters. The van der Waals surface area contributed by atoms with E-state index < -0.39 is 5.97 Å². The highest BCUT2D eigenvalue weighted by molar-refractivity contribution is 6.31. The lowest BCUT2D eigenvalue weighted by atomic mass is 10.1. The summed E-state index contributed by atoms with van der Waals surface area (Å²) in [5.74, 6) is -1.29. The zero-order valence-corrected chi connectivity index (χ0v) is 13.5. The largest absolute Gasteiger partial charge is 0.550 e. The summed E-state index contributed by atoms with van der Waals surface area (Å²) in [5, 5.41) is 11.7. The van der Waals surface area contributed by atoms with Crippen LogP contribution in [0.3, 0.4) is 0 Å². The number of carbonyl (C=O) groups excluding carboxylic acids is 1. The zero-order valence-electron chi connectivity index (χ0n) is 12.8. The second-order valence-corrected chi connectivity index (χ2v) is 5.81. The molecular weight excluding hydrogens is 331 g/mol. The van der Waals surface area contributed by atoms with Crippen molar-refractivity contribution in [1.82, 2.24) is 9.55 Å². The molecule has 0 fully saturated rings. The SMILES string of the molecule is Cc1cc(-c2cn(-c3ccc(F)cc3)c(CC(=O)[O-])n2)ccc1Cl. The van der Waals surface area contributed by atoms with Crippen LogP contribution in [0.2, 0.25) is 5.02 Å². The van der Waals surface area contributed by atoms with Crippen molar-refractivity contribution in [3.05, 3.63) is 70.9 Å². The summed E-state index contributed by atoms with van der Waals surface area (Å²) >= 11 is 6.04. The zero-order chi connectivity index (χ0) is 17.3. The first-order valence-corrected chi connectivity index (χ1v) is 7.62. The van der Waals surface area contributed by atoms with Gasteiger partial charge in [0.2, 0.25) is 0 Å². The third-order valence-corrected chi connectivity index (χ3v) is 4.06. The van der Waals surface area contributed by atoms with Gasteiger partial charge in [0.05, 0.1) is 5.69 Å². The number of carboxylic acids is 1. The molecule has 3 aromatic rings. The molecule has 0 radical (unpaired) electrons. The number of hydrogen-bond acceptors (Lipinski definition) is 3. The number of nitrogens with zero attached hydrogens (tertiary/aromatic N) is 2. The van der Waals surface area contributed by atoms with Crippen molar-refractivity contribution < 1.29 is 14.3 Å². The van der Waals surface area contributed by atoms with Gasteiger partial charge in [-0.3, -0.25) is 0 Å². The van der Waals surface area contributed by atoms with E-state index in [0.29, 0.717) is 22.2 Å². The van der Waals surface area contributed by atoms with Crippen LogP contribution in [0.5, 0.6) is 0 Å². The van der Waals surface area contributed by atoms with Crippen LogP contribution >= 0.6 is 11.6 Å². The highest BCUT2D eigenvalue weighted by Gasteiger charge is 2.12. The molecule has 2 aromatic carbocycles. The lowest BCUT2D eigenvalue weighted by Crippen LogP contribution is -2.25. The van der Waals surface area contributed by atoms with E-state index in [-0.39, 0.29) is 12.2 Å². The molecule has 122 valence electrons. The number of aliphatic carboxylic acids is 1. The summed E-state index contributed by atoms with van der Waals surface area (Å²) < 4.78 is 14.7. The lowest BCUT2D eigenvalue weighted by molar-refractivity contribution is -0.304. The van der Waals surface area contributed by atoms with E-state index in [1.165, 1.54) is 12.1 Å². The first kappa shape index (κ1) is 16.2. The molecule has 3 rings (SSSR count). The molecule has 24 heavy (non-hydrogen) atoms. The average molecular weight is 344 g/mol. The number of aromatic nitrogens is 2. The van der Waals surface area contributed by atoms with Crippen LogP contribution in [0, 0.1) is 12.7 Å². The minimum atomic E-state index is -1.23. The van der Waals surface area contributed by atoms with Gasteiger partial charge in [-0.1, -0.05) is 17.7 Å². The molecule has 1 heterocycles. The Kier molecular flexibility index (Phi) is 4.36. The molecule has 0 unspecified atom stereocenters. The second kappa shape index (κ2) is 6.45. The monoisotopic (exact) mass is 343 g/mol. The molecule has 0 spiro atoms. The van der Waals surface area contributed by atoms with Crippen molar-refractivity contribution >= 4 is 17.6 Å². The van der Waals surface area contributed by atoms with Gasteiger partial charge in [-0.05, 0) is 48.9 Å². The number of rotatable bonds is 4. The van der Waals surface area contributed by atoms with Crippen LogP contribution in [0.25, 0.3) is 16.9 Å². The fraction of sp³-hybridized carbons (Fsp3) is 0.111. The molecule has 0 amide bonds. The van der Waals surface area contributed by atoms with E-state index in [1.807, 2.05) is 19.1 Å². The number of carbonyl (C=O) groups is 1. The van der Waals surface area contributed by atoms with Gasteiger partial charge in [0, 0.05) is 34.9 Å². The van der Waals surface area contributed by atoms with E-state index >= 15 is 0 Å². The van der Waals surface area contributed by atoms with Crippen molar-refractivity contribution in [3.63, 3.8) is 0 Å². The molecule has 0 saturated carbocycles. The van der Waals surface area contributed by atoms with E-state index in [4.69, 9.17) is 11.6 Å². The van der Waals surface area contributed by atoms with E-state index in [1.54, 1.807) is 29.0 Å². The molecule has 0 aliphatic heterocycles. The highest BCUT2D eigenvalue weighted by Crippen LogP contribution is 2.26. The van der Waals surface area contributed by atoms with Crippen LogP contribution in [0.4, 0.5) is 4.39 Å². The summed E-state index contributed by atoms with van der Waals surface area (Å²) in [4.78, 5) is 15.4. The van der Waals surface area contributed by atoms with Crippen molar-refractivity contribution in [3.8, 4) is 16.9 Å². The first-order valence-electron chi connectivity index (χ1n) is 7.24. The molecular formula is C18H13ClFN2O2-. The Bertz CT molecular complexity index is 904. The van der Waals surface area contributed by atoms with Crippen molar-refractivity contribution in [2.45, 2.75) is 13.3 Å². The molecule has 0 N–H and O–H groups in total. The molecule has 0 aliphatic carbocycles. The molecule has 4 nitrogen and oxygen atoms in total. The molecule has 1 aromatic heterocycles. The number of aryl methyl sites for hydroxylation is 1. The Morgan fingerprint density at radius 3 is 2.58 bits per heavy atom. The lowest BCUT2D eigenvalue weighted by Gasteiger charge is -2.07. The number of imidazole rings is 1. The summed E-state index contributed by atoms with van der Waals surface area (Å²) in [6.07, 6.45) is 1.37. The first-order chi connectivity index (χ1) is 11.4. The Hall–Kier alpha value is -2.66. The maximum Gasteiger partial charge on any atom is 0.123 e. The van der Waals surface area contributed by atoms with Crippen LogP contribution in [0.1, 0.15) is 11.4 Å². The topological polar surface area (TPSA) is 58.0 Å². The minimum Gasteiger partial charge on any atom is -0.550 e. The van der Waals surface area contributed by atoms with Crippen LogP contribution < -0.4 is 5.11 Å². The predicted molar refractivity (Wildman–Crippen MR) is 87.4 cm³/mol. The van der Waals surface area contributed by atoms with Gasteiger partial charge >= 0.3 is 0 Å². The molecule has 6 heteroatoms. The van der Waals surface area contributed by atoms with Gasteiger partial charge in [0.15, 0.2) is 0 Å². The molecule has 0 aliphatic rings. The average Bonchev–Trinajstić information content (AvgIpc) is 2.94. The van der Waals surface area contributed by atoms with Crippen molar-refractivity contribution in [2.75, 3.05) is 0 Å². The van der Waals surface area contributed by atoms with E-state index in [0.717, 1.165) is 11.1 Å². The Labute approximate surface area is 143 Å². The van der Waals surface area contributed by atoms with Gasteiger partial charge < -0.3 is 14.5 Å². The number of halogens is 2. The highest BCUT2D eigenvalue weighted by atomic mass is 35.5. The van der Waals surface area contributed by atoms with Gasteiger partial charge in [0.1, 0.15) is 11.6 Å². The molecule has 0 bridgehead atoms. The predicted octanol–water partition coefficient (Wildman–Crippen LogP) is 2.93. The van der Waals surface area contributed by atoms with Crippen LogP contribution in [-0.4, -0.2) is 15.5 Å². The number of benzene rings is 2. The smallest absolute Gasteiger partial charge is 0.123 e. The molecule has 0 saturated heterocycles. The van der Waals surface area contributed by atoms with E-state index in [9.17, 15) is 14.3 Å². The van der Waals surface area contributed by atoms with Gasteiger partial charge in [0.25, 0.3) is 0 Å². The minimum absolute atomic E-state index is 0.309. The van der Waals surface area contributed by atoms with Gasteiger partial charge in [-0.2, -0.15) is 0 Å². The maximum atomic E-state index is 13.1. The number of carboxylic acid groups (broad SMARTS) is 1. The normalized spacial score (nSPS) is 10.8.